The van der Waals surface area contributed by atoms with E-state index in [0.717, 1.165) is 11.1 Å². The first kappa shape index (κ1) is 23.3. The van der Waals surface area contributed by atoms with Gasteiger partial charge in [0, 0.05) is 5.75 Å². The van der Waals surface area contributed by atoms with Crippen LogP contribution >= 0.6 is 23.1 Å². The topological polar surface area (TPSA) is 61.2 Å². The Bertz CT molecular complexity index is 1350. The van der Waals surface area contributed by atoms with Gasteiger partial charge in [-0.3, -0.25) is 9.36 Å². The molecule has 0 bridgehead atoms. The first-order chi connectivity index (χ1) is 15.9. The molecule has 0 atom stereocenters. The number of rotatable bonds is 7. The van der Waals surface area contributed by atoms with Gasteiger partial charge in [0.25, 0.3) is 5.56 Å². The van der Waals surface area contributed by atoms with Gasteiger partial charge in [-0.05, 0) is 44.4 Å². The van der Waals surface area contributed by atoms with Crippen LogP contribution in [0.2, 0.25) is 0 Å². The lowest BCUT2D eigenvalue weighted by Crippen LogP contribution is -2.24. The fraction of sp³-hybridized carbons (Fsp3) is 0.269. The summed E-state index contributed by atoms with van der Waals surface area (Å²) < 4.78 is 6.91. The maximum absolute atomic E-state index is 13.7. The van der Waals surface area contributed by atoms with Crippen LogP contribution in [0.5, 0.6) is 0 Å². The van der Waals surface area contributed by atoms with Gasteiger partial charge in [0.05, 0.1) is 18.5 Å². The summed E-state index contributed by atoms with van der Waals surface area (Å²) in [5.41, 5.74) is 5.08. The highest BCUT2D eigenvalue weighted by Crippen LogP contribution is 2.31. The summed E-state index contributed by atoms with van der Waals surface area (Å²) in [6.07, 6.45) is 0. The number of hydrogen-bond acceptors (Lipinski definition) is 6. The third-order valence-electron chi connectivity index (χ3n) is 5.43. The molecule has 0 fully saturated rings. The number of carbonyl (C=O) groups is 1. The van der Waals surface area contributed by atoms with Gasteiger partial charge >= 0.3 is 5.97 Å². The molecule has 170 valence electrons. The minimum absolute atomic E-state index is 0.128. The van der Waals surface area contributed by atoms with Gasteiger partial charge in [0.15, 0.2) is 5.16 Å². The number of aryl methyl sites for hydroxylation is 3. The van der Waals surface area contributed by atoms with Crippen molar-refractivity contribution < 1.29 is 9.53 Å². The fourth-order valence-electron chi connectivity index (χ4n) is 3.55. The monoisotopic (exact) mass is 478 g/mol. The predicted octanol–water partition coefficient (Wildman–Crippen LogP) is 5.90. The molecule has 2 aromatic heterocycles. The second-order valence-electron chi connectivity index (χ2n) is 8.00. The van der Waals surface area contributed by atoms with Gasteiger partial charge < -0.3 is 4.74 Å². The first-order valence-corrected chi connectivity index (χ1v) is 12.6. The third kappa shape index (κ3) is 5.04. The van der Waals surface area contributed by atoms with E-state index in [2.05, 4.69) is 31.2 Å². The first-order valence-electron chi connectivity index (χ1n) is 10.8. The number of hydrogen-bond donors (Lipinski definition) is 0. The average Bonchev–Trinajstić information content (AvgIpc) is 3.13. The molecule has 0 unspecified atom stereocenters. The maximum Gasteiger partial charge on any atom is 0.348 e. The molecule has 0 amide bonds. The van der Waals surface area contributed by atoms with E-state index in [1.807, 2.05) is 31.2 Å². The van der Waals surface area contributed by atoms with Crippen LogP contribution in [0.25, 0.3) is 10.2 Å². The third-order valence-corrected chi connectivity index (χ3v) is 7.64. The van der Waals surface area contributed by atoms with Crippen molar-refractivity contribution in [3.8, 4) is 0 Å². The summed E-state index contributed by atoms with van der Waals surface area (Å²) in [5.74, 6) is 0.289. The highest BCUT2D eigenvalue weighted by atomic mass is 32.2. The van der Waals surface area contributed by atoms with Crippen molar-refractivity contribution in [2.24, 2.45) is 0 Å². The van der Waals surface area contributed by atoms with Crippen LogP contribution in [-0.4, -0.2) is 22.1 Å². The molecule has 0 saturated carbocycles. The summed E-state index contributed by atoms with van der Waals surface area (Å²) >= 11 is 2.76. The predicted molar refractivity (Wildman–Crippen MR) is 136 cm³/mol. The van der Waals surface area contributed by atoms with E-state index in [9.17, 15) is 9.59 Å². The number of esters is 1. The number of thioether (sulfide) groups is 1. The highest BCUT2D eigenvalue weighted by molar-refractivity contribution is 7.98. The number of thiophene rings is 1. The Morgan fingerprint density at radius 1 is 1.00 bits per heavy atom. The summed E-state index contributed by atoms with van der Waals surface area (Å²) in [6, 6.07) is 16.5. The van der Waals surface area contributed by atoms with E-state index in [0.29, 0.717) is 38.1 Å². The number of aromatic nitrogens is 2. The summed E-state index contributed by atoms with van der Waals surface area (Å²) in [6.45, 7) is 8.37. The van der Waals surface area contributed by atoms with Gasteiger partial charge in [0.1, 0.15) is 9.71 Å². The molecule has 2 aromatic carbocycles. The molecule has 4 aromatic rings. The average molecular weight is 479 g/mol. The van der Waals surface area contributed by atoms with Crippen molar-refractivity contribution in [2.45, 2.75) is 45.1 Å². The Morgan fingerprint density at radius 3 is 2.21 bits per heavy atom. The fourth-order valence-corrected chi connectivity index (χ4v) is 5.62. The number of benzene rings is 2. The number of ether oxygens (including phenoxy) is 1. The molecule has 7 heteroatoms. The highest BCUT2D eigenvalue weighted by Gasteiger charge is 2.22. The van der Waals surface area contributed by atoms with E-state index in [4.69, 9.17) is 9.72 Å². The summed E-state index contributed by atoms with van der Waals surface area (Å²) in [7, 11) is 0. The summed E-state index contributed by atoms with van der Waals surface area (Å²) in [4.78, 5) is 31.9. The Labute approximate surface area is 201 Å². The van der Waals surface area contributed by atoms with E-state index in [-0.39, 0.29) is 12.2 Å². The molecule has 4 rings (SSSR count). The van der Waals surface area contributed by atoms with Crippen LogP contribution in [0.15, 0.2) is 58.5 Å². The molecular formula is C26H26N2O3S2. The molecule has 0 spiro atoms. The largest absolute Gasteiger partial charge is 0.462 e. The zero-order chi connectivity index (χ0) is 23.5. The van der Waals surface area contributed by atoms with Crippen molar-refractivity contribution in [3.05, 3.63) is 91.6 Å². The molecule has 0 aliphatic rings. The van der Waals surface area contributed by atoms with Crippen molar-refractivity contribution in [3.63, 3.8) is 0 Å². The molecule has 2 heterocycles. The van der Waals surface area contributed by atoms with Crippen molar-refractivity contribution in [1.29, 1.82) is 0 Å². The molecule has 0 aliphatic carbocycles. The van der Waals surface area contributed by atoms with Crippen molar-refractivity contribution in [1.82, 2.24) is 9.55 Å². The lowest BCUT2D eigenvalue weighted by atomic mass is 10.1. The van der Waals surface area contributed by atoms with Crippen LogP contribution in [0.1, 0.15) is 44.4 Å². The van der Waals surface area contributed by atoms with E-state index in [1.54, 1.807) is 18.4 Å². The van der Waals surface area contributed by atoms with E-state index in [1.165, 1.54) is 34.2 Å². The Morgan fingerprint density at radius 2 is 1.61 bits per heavy atom. The number of fused-ring (bicyclic) bond motifs is 1. The lowest BCUT2D eigenvalue weighted by Gasteiger charge is -2.13. The molecular weight excluding hydrogens is 452 g/mol. The Hall–Kier alpha value is -2.90. The lowest BCUT2D eigenvalue weighted by molar-refractivity contribution is 0.0531. The Kier molecular flexibility index (Phi) is 7.00. The van der Waals surface area contributed by atoms with Crippen molar-refractivity contribution in [2.75, 3.05) is 6.61 Å². The minimum atomic E-state index is -0.406. The van der Waals surface area contributed by atoms with Gasteiger partial charge in [-0.1, -0.05) is 71.4 Å². The summed E-state index contributed by atoms with van der Waals surface area (Å²) in [5, 5.41) is 1.14. The van der Waals surface area contributed by atoms with Gasteiger partial charge in [0.2, 0.25) is 0 Å². The van der Waals surface area contributed by atoms with E-state index >= 15 is 0 Å². The second-order valence-corrected chi connectivity index (χ2v) is 9.94. The zero-order valence-electron chi connectivity index (χ0n) is 19.2. The standard InChI is InChI=1S/C26H26N2O3S2/c1-5-31-25(30)22-18(4)21-23(33-22)27-26(32-15-20-12-8-17(3)9-13-20)28(24(21)29)14-19-10-6-16(2)7-11-19/h6-13H,5,14-15H2,1-4H3. The maximum atomic E-state index is 13.7. The van der Waals surface area contributed by atoms with Crippen molar-refractivity contribution >= 4 is 39.3 Å². The quantitative estimate of drug-likeness (QED) is 0.188. The van der Waals surface area contributed by atoms with Crippen LogP contribution in [0, 0.1) is 20.8 Å². The van der Waals surface area contributed by atoms with E-state index < -0.39 is 5.97 Å². The zero-order valence-corrected chi connectivity index (χ0v) is 20.8. The van der Waals surface area contributed by atoms with Gasteiger partial charge in [-0.25, -0.2) is 9.78 Å². The normalized spacial score (nSPS) is 11.2. The van der Waals surface area contributed by atoms with Crippen LogP contribution in [0.4, 0.5) is 0 Å². The molecule has 0 radical (unpaired) electrons. The number of nitrogens with zero attached hydrogens (tertiary/aromatic N) is 2. The minimum Gasteiger partial charge on any atom is -0.462 e. The molecule has 0 N–H and O–H groups in total. The van der Waals surface area contributed by atoms with Crippen LogP contribution < -0.4 is 5.56 Å². The molecule has 0 saturated heterocycles. The molecule has 33 heavy (non-hydrogen) atoms. The van der Waals surface area contributed by atoms with Gasteiger partial charge in [-0.2, -0.15) is 0 Å². The van der Waals surface area contributed by atoms with Crippen LogP contribution in [-0.2, 0) is 17.0 Å². The molecule has 5 nitrogen and oxygen atoms in total. The van der Waals surface area contributed by atoms with Crippen LogP contribution in [0.3, 0.4) is 0 Å². The smallest absolute Gasteiger partial charge is 0.348 e. The Balaban J connectivity index is 1.79. The molecule has 0 aliphatic heterocycles. The second kappa shape index (κ2) is 9.93. The SMILES string of the molecule is CCOC(=O)c1sc2nc(SCc3ccc(C)cc3)n(Cc3ccc(C)cc3)c(=O)c2c1C. The number of carbonyl (C=O) groups excluding carboxylic acids is 1. The van der Waals surface area contributed by atoms with Gasteiger partial charge in [-0.15, -0.1) is 11.3 Å².